The number of aromatic nitrogens is 1. The van der Waals surface area contributed by atoms with Gasteiger partial charge in [-0.1, -0.05) is 54.6 Å². The second kappa shape index (κ2) is 10.9. The van der Waals surface area contributed by atoms with Crippen LogP contribution in [0.5, 0.6) is 11.5 Å². The zero-order valence-corrected chi connectivity index (χ0v) is 20.0. The topological polar surface area (TPSA) is 63.3 Å². The van der Waals surface area contributed by atoms with E-state index in [-0.39, 0.29) is 17.9 Å². The smallest absolute Gasteiger partial charge is 0.221 e. The number of hydrogen-bond donors (Lipinski definition) is 2. The Labute approximate surface area is 201 Å². The van der Waals surface area contributed by atoms with Crippen LogP contribution in [0.3, 0.4) is 0 Å². The molecule has 0 saturated carbocycles. The lowest BCUT2D eigenvalue weighted by Crippen LogP contribution is -2.33. The quantitative estimate of drug-likeness (QED) is 0.315. The van der Waals surface area contributed by atoms with Crippen LogP contribution >= 0.6 is 0 Å². The van der Waals surface area contributed by atoms with Gasteiger partial charge in [0.2, 0.25) is 5.91 Å². The molecule has 0 unspecified atom stereocenters. The molecule has 0 bridgehead atoms. The van der Waals surface area contributed by atoms with Crippen LogP contribution in [0.2, 0.25) is 0 Å². The van der Waals surface area contributed by atoms with Crippen LogP contribution in [0.1, 0.15) is 42.4 Å². The highest BCUT2D eigenvalue weighted by atomic mass is 16.5. The van der Waals surface area contributed by atoms with Gasteiger partial charge in [-0.15, -0.1) is 0 Å². The molecule has 0 aliphatic heterocycles. The van der Waals surface area contributed by atoms with Gasteiger partial charge in [0.05, 0.1) is 14.2 Å². The number of amides is 1. The molecule has 176 valence electrons. The number of nitrogens with one attached hydrogen (secondary N) is 2. The highest BCUT2D eigenvalue weighted by Gasteiger charge is 2.23. The van der Waals surface area contributed by atoms with E-state index in [0.717, 1.165) is 34.9 Å². The van der Waals surface area contributed by atoms with Crippen molar-refractivity contribution < 1.29 is 14.3 Å². The Balaban J connectivity index is 1.55. The van der Waals surface area contributed by atoms with Gasteiger partial charge in [0.15, 0.2) is 11.5 Å². The predicted molar refractivity (Wildman–Crippen MR) is 137 cm³/mol. The minimum absolute atomic E-state index is 0.0330. The Kier molecular flexibility index (Phi) is 7.53. The van der Waals surface area contributed by atoms with E-state index in [2.05, 4.69) is 41.5 Å². The average molecular weight is 457 g/mol. The van der Waals surface area contributed by atoms with E-state index in [9.17, 15) is 4.79 Å². The summed E-state index contributed by atoms with van der Waals surface area (Å²) in [6, 6.07) is 24.5. The second-order valence-corrected chi connectivity index (χ2v) is 8.65. The molecule has 0 fully saturated rings. The number of carbonyl (C=O) groups is 1. The molecule has 5 heteroatoms. The van der Waals surface area contributed by atoms with Crippen molar-refractivity contribution >= 4 is 16.8 Å². The normalized spacial score (nSPS) is 12.8. The van der Waals surface area contributed by atoms with Gasteiger partial charge in [0.1, 0.15) is 0 Å². The third-order valence-electron chi connectivity index (χ3n) is 6.31. The summed E-state index contributed by atoms with van der Waals surface area (Å²) in [4.78, 5) is 16.5. The van der Waals surface area contributed by atoms with Gasteiger partial charge < -0.3 is 19.8 Å². The van der Waals surface area contributed by atoms with E-state index in [4.69, 9.17) is 9.47 Å². The first-order chi connectivity index (χ1) is 16.6. The molecular formula is C29H32N2O3. The van der Waals surface area contributed by atoms with Crippen molar-refractivity contribution in [2.45, 2.75) is 38.1 Å². The highest BCUT2D eigenvalue weighted by molar-refractivity contribution is 5.86. The van der Waals surface area contributed by atoms with Gasteiger partial charge in [-0.05, 0) is 54.7 Å². The maximum atomic E-state index is 13.2. The minimum Gasteiger partial charge on any atom is -0.493 e. The molecule has 2 atom stereocenters. The summed E-state index contributed by atoms with van der Waals surface area (Å²) in [5, 5.41) is 4.32. The maximum absolute atomic E-state index is 13.2. The maximum Gasteiger partial charge on any atom is 0.221 e. The minimum atomic E-state index is -0.128. The number of rotatable bonds is 10. The van der Waals surface area contributed by atoms with Crippen molar-refractivity contribution in [3.63, 3.8) is 0 Å². The number of ether oxygens (including phenoxy) is 2. The summed E-state index contributed by atoms with van der Waals surface area (Å²) in [6.45, 7) is 2.07. The Morgan fingerprint density at radius 2 is 1.68 bits per heavy atom. The molecule has 34 heavy (non-hydrogen) atoms. The van der Waals surface area contributed by atoms with Gasteiger partial charge in [-0.2, -0.15) is 0 Å². The van der Waals surface area contributed by atoms with Crippen LogP contribution < -0.4 is 14.8 Å². The predicted octanol–water partition coefficient (Wildman–Crippen LogP) is 5.84. The average Bonchev–Trinajstić information content (AvgIpc) is 3.30. The van der Waals surface area contributed by atoms with Gasteiger partial charge in [-0.3, -0.25) is 4.79 Å². The Bertz CT molecular complexity index is 1230. The molecule has 0 saturated heterocycles. The summed E-state index contributed by atoms with van der Waals surface area (Å²) >= 11 is 0. The zero-order chi connectivity index (χ0) is 23.9. The lowest BCUT2D eigenvalue weighted by Gasteiger charge is -2.21. The van der Waals surface area contributed by atoms with E-state index in [1.54, 1.807) is 14.2 Å². The summed E-state index contributed by atoms with van der Waals surface area (Å²) < 4.78 is 11.0. The molecular weight excluding hydrogens is 424 g/mol. The lowest BCUT2D eigenvalue weighted by atomic mass is 9.87. The fourth-order valence-electron chi connectivity index (χ4n) is 4.48. The first-order valence-electron chi connectivity index (χ1n) is 11.7. The van der Waals surface area contributed by atoms with Crippen molar-refractivity contribution in [2.75, 3.05) is 14.2 Å². The summed E-state index contributed by atoms with van der Waals surface area (Å²) in [7, 11) is 3.25. The summed E-state index contributed by atoms with van der Waals surface area (Å²) in [6.07, 6.45) is 4.18. The molecule has 3 aromatic carbocycles. The van der Waals surface area contributed by atoms with Gasteiger partial charge in [0, 0.05) is 35.5 Å². The van der Waals surface area contributed by atoms with Crippen LogP contribution in [0.15, 0.2) is 79.0 Å². The van der Waals surface area contributed by atoms with Crippen molar-refractivity contribution in [2.24, 2.45) is 0 Å². The third kappa shape index (κ3) is 5.42. The van der Waals surface area contributed by atoms with Gasteiger partial charge >= 0.3 is 0 Å². The largest absolute Gasteiger partial charge is 0.493 e. The second-order valence-electron chi connectivity index (χ2n) is 8.65. The zero-order valence-electron chi connectivity index (χ0n) is 20.0. The number of aryl methyl sites for hydroxylation is 1. The van der Waals surface area contributed by atoms with Crippen molar-refractivity contribution in [3.05, 3.63) is 95.7 Å². The number of para-hydroxylation sites is 1. The molecule has 0 aliphatic rings. The molecule has 1 heterocycles. The SMILES string of the molecule is COc1ccc([C@H](CC(=O)N[C@@H](C)CCc2ccccc2)c2c[nH]c3ccccc23)cc1OC. The Hall–Kier alpha value is -3.73. The number of carbonyl (C=O) groups excluding carboxylic acids is 1. The molecule has 1 aromatic heterocycles. The first-order valence-corrected chi connectivity index (χ1v) is 11.7. The van der Waals surface area contributed by atoms with Crippen LogP contribution in [-0.2, 0) is 11.2 Å². The number of methoxy groups -OCH3 is 2. The van der Waals surface area contributed by atoms with E-state index in [1.165, 1.54) is 5.56 Å². The number of fused-ring (bicyclic) bond motifs is 1. The standard InChI is InChI=1S/C29H32N2O3/c1-20(13-14-21-9-5-4-6-10-21)31-29(32)18-24(22-15-16-27(33-2)28(17-22)34-3)25-19-30-26-12-8-7-11-23(25)26/h4-12,15-17,19-20,24,30H,13-14,18H2,1-3H3,(H,31,32)/t20-,24-/m0/s1. The molecule has 1 amide bonds. The molecule has 0 radical (unpaired) electrons. The number of benzene rings is 3. The van der Waals surface area contributed by atoms with E-state index < -0.39 is 0 Å². The fourth-order valence-corrected chi connectivity index (χ4v) is 4.48. The molecule has 4 aromatic rings. The van der Waals surface area contributed by atoms with Crippen molar-refractivity contribution in [1.82, 2.24) is 10.3 Å². The van der Waals surface area contributed by atoms with E-state index >= 15 is 0 Å². The number of hydrogen-bond acceptors (Lipinski definition) is 3. The monoisotopic (exact) mass is 456 g/mol. The first kappa shape index (κ1) is 23.4. The van der Waals surface area contributed by atoms with Crippen LogP contribution in [-0.4, -0.2) is 31.2 Å². The number of H-pyrrole nitrogens is 1. The Morgan fingerprint density at radius 1 is 0.941 bits per heavy atom. The Morgan fingerprint density at radius 3 is 2.44 bits per heavy atom. The van der Waals surface area contributed by atoms with Crippen molar-refractivity contribution in [1.29, 1.82) is 0 Å². The molecule has 0 spiro atoms. The lowest BCUT2D eigenvalue weighted by molar-refractivity contribution is -0.121. The molecule has 0 aliphatic carbocycles. The molecule has 4 rings (SSSR count). The number of aromatic amines is 1. The van der Waals surface area contributed by atoms with E-state index in [0.29, 0.717) is 17.9 Å². The van der Waals surface area contributed by atoms with Crippen molar-refractivity contribution in [3.8, 4) is 11.5 Å². The molecule has 5 nitrogen and oxygen atoms in total. The van der Waals surface area contributed by atoms with Gasteiger partial charge in [0.25, 0.3) is 0 Å². The molecule has 2 N–H and O–H groups in total. The van der Waals surface area contributed by atoms with Crippen LogP contribution in [0.25, 0.3) is 10.9 Å². The van der Waals surface area contributed by atoms with E-state index in [1.807, 2.05) is 54.7 Å². The van der Waals surface area contributed by atoms with Gasteiger partial charge in [-0.25, -0.2) is 0 Å². The van der Waals surface area contributed by atoms with Crippen LogP contribution in [0.4, 0.5) is 0 Å². The fraction of sp³-hybridized carbons (Fsp3) is 0.276. The van der Waals surface area contributed by atoms with Crippen LogP contribution in [0, 0.1) is 0 Å². The summed E-state index contributed by atoms with van der Waals surface area (Å²) in [5.41, 5.74) is 4.44. The summed E-state index contributed by atoms with van der Waals surface area (Å²) in [5.74, 6) is 1.23. The highest BCUT2D eigenvalue weighted by Crippen LogP contribution is 2.37. The third-order valence-corrected chi connectivity index (χ3v) is 6.31.